The largest absolute Gasteiger partial charge is 0.458 e. The molecule has 0 amide bonds. The van der Waals surface area contributed by atoms with Crippen LogP contribution in [0.3, 0.4) is 0 Å². The van der Waals surface area contributed by atoms with Gasteiger partial charge in [0.2, 0.25) is 0 Å². The number of carbonyl (C=O) groups is 1. The van der Waals surface area contributed by atoms with Crippen molar-refractivity contribution >= 4 is 6.29 Å². The molecule has 0 radical (unpaired) electrons. The highest BCUT2D eigenvalue weighted by atomic mass is 16.5. The Labute approximate surface area is 120 Å². The van der Waals surface area contributed by atoms with Gasteiger partial charge in [-0.3, -0.25) is 4.79 Å². The first-order valence-corrected chi connectivity index (χ1v) is 6.93. The van der Waals surface area contributed by atoms with Crippen molar-refractivity contribution in [3.8, 4) is 11.5 Å². The van der Waals surface area contributed by atoms with E-state index in [2.05, 4.69) is 0 Å². The molecule has 1 rings (SSSR count). The second kappa shape index (κ2) is 8.20. The van der Waals surface area contributed by atoms with Crippen LogP contribution in [0.25, 0.3) is 0 Å². The van der Waals surface area contributed by atoms with Crippen molar-refractivity contribution in [1.29, 1.82) is 0 Å². The summed E-state index contributed by atoms with van der Waals surface area (Å²) in [5, 5.41) is 0. The second-order valence-corrected chi connectivity index (χ2v) is 4.25. The third kappa shape index (κ3) is 4.26. The van der Waals surface area contributed by atoms with Crippen molar-refractivity contribution in [1.82, 2.24) is 0 Å². The summed E-state index contributed by atoms with van der Waals surface area (Å²) in [6.07, 6.45) is 6.22. The standard InChI is InChI=1S/C17H22O3/c1-5-14(6-2)19-16-10-9-13(12-18)11-17(16)20-15(7-3)8-4/h5,7,9-12H,6,8H2,1-4H3. The fourth-order valence-corrected chi connectivity index (χ4v) is 1.71. The Hall–Kier alpha value is -2.03. The minimum absolute atomic E-state index is 0.567. The maximum absolute atomic E-state index is 10.9. The molecule has 3 heteroatoms. The van der Waals surface area contributed by atoms with Gasteiger partial charge in [-0.25, -0.2) is 0 Å². The number of hydrogen-bond donors (Lipinski definition) is 0. The van der Waals surface area contributed by atoms with E-state index in [-0.39, 0.29) is 0 Å². The molecule has 0 bridgehead atoms. The zero-order chi connectivity index (χ0) is 15.0. The van der Waals surface area contributed by atoms with Gasteiger partial charge in [0, 0.05) is 18.4 Å². The van der Waals surface area contributed by atoms with Crippen LogP contribution in [-0.2, 0) is 0 Å². The third-order valence-corrected chi connectivity index (χ3v) is 2.93. The molecule has 1 aromatic rings. The van der Waals surface area contributed by atoms with Gasteiger partial charge >= 0.3 is 0 Å². The molecule has 3 nitrogen and oxygen atoms in total. The Kier molecular flexibility index (Phi) is 6.57. The Morgan fingerprint density at radius 1 is 1.00 bits per heavy atom. The molecule has 0 aliphatic carbocycles. The van der Waals surface area contributed by atoms with Gasteiger partial charge in [0.1, 0.15) is 6.29 Å². The Morgan fingerprint density at radius 3 is 2.00 bits per heavy atom. The summed E-state index contributed by atoms with van der Waals surface area (Å²) in [7, 11) is 0. The Morgan fingerprint density at radius 2 is 1.55 bits per heavy atom. The molecule has 0 heterocycles. The predicted octanol–water partition coefficient (Wildman–Crippen LogP) is 4.88. The van der Waals surface area contributed by atoms with Gasteiger partial charge < -0.3 is 9.47 Å². The van der Waals surface area contributed by atoms with Crippen LogP contribution < -0.4 is 9.47 Å². The third-order valence-electron chi connectivity index (χ3n) is 2.93. The highest BCUT2D eigenvalue weighted by molar-refractivity contribution is 5.76. The lowest BCUT2D eigenvalue weighted by molar-refractivity contribution is 0.112. The van der Waals surface area contributed by atoms with E-state index in [0.29, 0.717) is 17.1 Å². The van der Waals surface area contributed by atoms with Crippen LogP contribution >= 0.6 is 0 Å². The lowest BCUT2D eigenvalue weighted by Gasteiger charge is -2.15. The molecule has 0 unspecified atom stereocenters. The van der Waals surface area contributed by atoms with Gasteiger partial charge in [0.25, 0.3) is 0 Å². The smallest absolute Gasteiger partial charge is 0.170 e. The van der Waals surface area contributed by atoms with Crippen molar-refractivity contribution in [2.75, 3.05) is 0 Å². The molecule has 108 valence electrons. The SMILES string of the molecule is CC=C(CC)Oc1ccc(C=O)cc1OC(=CC)CC. The van der Waals surface area contributed by atoms with E-state index in [9.17, 15) is 4.79 Å². The molecule has 0 fully saturated rings. The van der Waals surface area contributed by atoms with E-state index >= 15 is 0 Å². The molecule has 0 spiro atoms. The molecule has 0 atom stereocenters. The Bertz CT molecular complexity index is 513. The van der Waals surface area contributed by atoms with Crippen LogP contribution in [0.5, 0.6) is 11.5 Å². The fourth-order valence-electron chi connectivity index (χ4n) is 1.71. The molecule has 0 saturated carbocycles. The first kappa shape index (κ1) is 16.0. The maximum atomic E-state index is 10.9. The quantitative estimate of drug-likeness (QED) is 0.525. The first-order chi connectivity index (χ1) is 9.68. The lowest BCUT2D eigenvalue weighted by atomic mass is 10.2. The van der Waals surface area contributed by atoms with Crippen LogP contribution in [0.1, 0.15) is 50.9 Å². The zero-order valence-electron chi connectivity index (χ0n) is 12.6. The molecule has 20 heavy (non-hydrogen) atoms. The number of aldehydes is 1. The van der Waals surface area contributed by atoms with Crippen LogP contribution in [0.15, 0.2) is 41.9 Å². The maximum Gasteiger partial charge on any atom is 0.170 e. The molecule has 0 aromatic heterocycles. The summed E-state index contributed by atoms with van der Waals surface area (Å²) >= 11 is 0. The molecular weight excluding hydrogens is 252 g/mol. The average molecular weight is 274 g/mol. The monoisotopic (exact) mass is 274 g/mol. The molecule has 1 aromatic carbocycles. The van der Waals surface area contributed by atoms with Crippen LogP contribution in [0.2, 0.25) is 0 Å². The van der Waals surface area contributed by atoms with Crippen molar-refractivity contribution in [3.05, 3.63) is 47.4 Å². The second-order valence-electron chi connectivity index (χ2n) is 4.25. The molecule has 0 saturated heterocycles. The van der Waals surface area contributed by atoms with Gasteiger partial charge in [0.15, 0.2) is 11.5 Å². The highest BCUT2D eigenvalue weighted by Gasteiger charge is 2.10. The Balaban J connectivity index is 3.12. The van der Waals surface area contributed by atoms with Crippen molar-refractivity contribution in [2.24, 2.45) is 0 Å². The van der Waals surface area contributed by atoms with Crippen molar-refractivity contribution < 1.29 is 14.3 Å². The van der Waals surface area contributed by atoms with Gasteiger partial charge in [0.05, 0.1) is 11.5 Å². The van der Waals surface area contributed by atoms with Crippen LogP contribution in [0.4, 0.5) is 0 Å². The molecule has 0 aliphatic heterocycles. The lowest BCUT2D eigenvalue weighted by Crippen LogP contribution is -2.00. The van der Waals surface area contributed by atoms with Gasteiger partial charge in [-0.05, 0) is 44.2 Å². The summed E-state index contributed by atoms with van der Waals surface area (Å²) in [6, 6.07) is 5.19. The fraction of sp³-hybridized carbons (Fsp3) is 0.353. The number of ether oxygens (including phenoxy) is 2. The summed E-state index contributed by atoms with van der Waals surface area (Å²) in [6.45, 7) is 7.90. The van der Waals surface area contributed by atoms with Crippen LogP contribution in [-0.4, -0.2) is 6.29 Å². The predicted molar refractivity (Wildman–Crippen MR) is 81.2 cm³/mol. The van der Waals surface area contributed by atoms with E-state index in [1.807, 2.05) is 39.8 Å². The summed E-state index contributed by atoms with van der Waals surface area (Å²) < 4.78 is 11.7. The minimum atomic E-state index is 0.567. The number of carbonyl (C=O) groups excluding carboxylic acids is 1. The van der Waals surface area contributed by atoms with Crippen molar-refractivity contribution in [2.45, 2.75) is 40.5 Å². The normalized spacial score (nSPS) is 12.2. The molecular formula is C17H22O3. The van der Waals surface area contributed by atoms with Gasteiger partial charge in [-0.2, -0.15) is 0 Å². The van der Waals surface area contributed by atoms with Gasteiger partial charge in [-0.1, -0.05) is 13.8 Å². The first-order valence-electron chi connectivity index (χ1n) is 6.93. The summed E-state index contributed by atoms with van der Waals surface area (Å²) in [4.78, 5) is 10.9. The van der Waals surface area contributed by atoms with E-state index in [4.69, 9.17) is 9.47 Å². The topological polar surface area (TPSA) is 35.5 Å². The molecule has 0 aliphatic rings. The summed E-state index contributed by atoms with van der Waals surface area (Å²) in [5.41, 5.74) is 0.567. The van der Waals surface area contributed by atoms with E-state index < -0.39 is 0 Å². The zero-order valence-corrected chi connectivity index (χ0v) is 12.6. The number of hydrogen-bond acceptors (Lipinski definition) is 3. The van der Waals surface area contributed by atoms with E-state index in [1.165, 1.54) is 0 Å². The number of allylic oxidation sites excluding steroid dienone is 4. The van der Waals surface area contributed by atoms with Gasteiger partial charge in [-0.15, -0.1) is 0 Å². The average Bonchev–Trinajstić information content (AvgIpc) is 2.50. The number of benzene rings is 1. The highest BCUT2D eigenvalue weighted by Crippen LogP contribution is 2.32. The van der Waals surface area contributed by atoms with E-state index in [1.54, 1.807) is 18.2 Å². The summed E-state index contributed by atoms with van der Waals surface area (Å²) in [5.74, 6) is 2.90. The minimum Gasteiger partial charge on any atom is -0.458 e. The van der Waals surface area contributed by atoms with Crippen LogP contribution in [0, 0.1) is 0 Å². The van der Waals surface area contributed by atoms with E-state index in [0.717, 1.165) is 30.6 Å². The molecule has 0 N–H and O–H groups in total. The van der Waals surface area contributed by atoms with Crippen molar-refractivity contribution in [3.63, 3.8) is 0 Å². The number of rotatable bonds is 7.